The van der Waals surface area contributed by atoms with Crippen molar-refractivity contribution in [1.29, 1.82) is 0 Å². The molecule has 2 nitrogen and oxygen atoms in total. The summed E-state index contributed by atoms with van der Waals surface area (Å²) in [5.74, 6) is 4.22. The number of hydrogen-bond donors (Lipinski definition) is 0. The Balaban J connectivity index is 1.92. The second-order valence-corrected chi connectivity index (χ2v) is 6.06. The number of fused-ring (bicyclic) bond motifs is 1. The summed E-state index contributed by atoms with van der Waals surface area (Å²) in [6.45, 7) is -0.101. The van der Waals surface area contributed by atoms with E-state index in [9.17, 15) is 18.0 Å². The molecular weight excluding hydrogens is 351 g/mol. The number of benzene rings is 2. The van der Waals surface area contributed by atoms with Crippen LogP contribution in [0.25, 0.3) is 0 Å². The van der Waals surface area contributed by atoms with Crippen molar-refractivity contribution in [2.24, 2.45) is 0 Å². The Hall–Kier alpha value is -2.45. The minimum absolute atomic E-state index is 0.00823. The van der Waals surface area contributed by atoms with Crippen LogP contribution in [0.3, 0.4) is 0 Å². The Morgan fingerprint density at radius 3 is 2.48 bits per heavy atom. The molecule has 1 heterocycles. The van der Waals surface area contributed by atoms with Gasteiger partial charge >= 0.3 is 12.1 Å². The molecule has 0 radical (unpaired) electrons. The molecule has 6 heteroatoms. The Bertz CT molecular complexity index is 866. The molecule has 128 valence electrons. The molecule has 0 bridgehead atoms. The molecule has 1 aliphatic heterocycles. The van der Waals surface area contributed by atoms with Gasteiger partial charge in [0.25, 0.3) is 0 Å². The van der Waals surface area contributed by atoms with Crippen molar-refractivity contribution in [1.82, 2.24) is 4.90 Å². The van der Waals surface area contributed by atoms with Crippen molar-refractivity contribution < 1.29 is 18.0 Å². The van der Waals surface area contributed by atoms with Gasteiger partial charge in [0.05, 0.1) is 5.02 Å². The van der Waals surface area contributed by atoms with E-state index < -0.39 is 12.1 Å². The van der Waals surface area contributed by atoms with Gasteiger partial charge in [0.2, 0.25) is 0 Å². The van der Waals surface area contributed by atoms with E-state index in [1.165, 1.54) is 0 Å². The minimum Gasteiger partial charge on any atom is -0.330 e. The van der Waals surface area contributed by atoms with Gasteiger partial charge in [-0.3, -0.25) is 4.79 Å². The summed E-state index contributed by atoms with van der Waals surface area (Å²) in [5.41, 5.74) is 2.88. The molecule has 0 saturated heterocycles. The number of carbonyl (C=O) groups is 1. The highest BCUT2D eigenvalue weighted by molar-refractivity contribution is 6.31. The van der Waals surface area contributed by atoms with Gasteiger partial charge in [-0.05, 0) is 35.7 Å². The number of carbonyl (C=O) groups excluding carboxylic acids is 1. The highest BCUT2D eigenvalue weighted by Gasteiger charge is 2.43. The summed E-state index contributed by atoms with van der Waals surface area (Å²) in [5, 5.41) is 0.456. The molecule has 1 aliphatic rings. The van der Waals surface area contributed by atoms with Crippen molar-refractivity contribution in [2.75, 3.05) is 6.54 Å². The van der Waals surface area contributed by atoms with Crippen molar-refractivity contribution in [3.63, 3.8) is 0 Å². The van der Waals surface area contributed by atoms with E-state index in [1.807, 2.05) is 30.3 Å². The number of rotatable bonds is 0. The number of halogens is 4. The molecule has 0 saturated carbocycles. The first-order valence-electron chi connectivity index (χ1n) is 7.59. The maximum atomic E-state index is 12.6. The molecule has 0 aliphatic carbocycles. The average Bonchev–Trinajstić information content (AvgIpc) is 2.60. The highest BCUT2D eigenvalue weighted by Crippen LogP contribution is 2.30. The Kier molecular flexibility index (Phi) is 4.73. The maximum absolute atomic E-state index is 12.6. The van der Waals surface area contributed by atoms with Gasteiger partial charge in [-0.2, -0.15) is 13.2 Å². The predicted octanol–water partition coefficient (Wildman–Crippen LogP) is 4.19. The van der Waals surface area contributed by atoms with Gasteiger partial charge in [0.15, 0.2) is 0 Å². The lowest BCUT2D eigenvalue weighted by atomic mass is 9.94. The quantitative estimate of drug-likeness (QED) is 0.643. The molecule has 25 heavy (non-hydrogen) atoms. The second kappa shape index (κ2) is 6.81. The topological polar surface area (TPSA) is 20.3 Å². The maximum Gasteiger partial charge on any atom is 0.471 e. The second-order valence-electron chi connectivity index (χ2n) is 5.65. The van der Waals surface area contributed by atoms with Gasteiger partial charge in [-0.25, -0.2) is 0 Å². The zero-order valence-electron chi connectivity index (χ0n) is 13.0. The number of amides is 1. The van der Waals surface area contributed by atoms with E-state index >= 15 is 0 Å². The van der Waals surface area contributed by atoms with Crippen molar-refractivity contribution >= 4 is 17.5 Å². The van der Waals surface area contributed by atoms with Gasteiger partial charge < -0.3 is 4.90 Å². The smallest absolute Gasteiger partial charge is 0.330 e. The van der Waals surface area contributed by atoms with E-state index in [2.05, 4.69) is 11.8 Å². The monoisotopic (exact) mass is 363 g/mol. The van der Waals surface area contributed by atoms with Gasteiger partial charge in [0.1, 0.15) is 0 Å². The minimum atomic E-state index is -4.86. The summed E-state index contributed by atoms with van der Waals surface area (Å²) < 4.78 is 37.9. The van der Waals surface area contributed by atoms with E-state index in [1.54, 1.807) is 12.1 Å². The zero-order valence-corrected chi connectivity index (χ0v) is 13.8. The lowest BCUT2D eigenvalue weighted by Crippen LogP contribution is -2.43. The van der Waals surface area contributed by atoms with Crippen LogP contribution in [0.2, 0.25) is 5.02 Å². The molecular formula is C19H13ClF3NO. The van der Waals surface area contributed by atoms with Crippen LogP contribution >= 0.6 is 11.6 Å². The molecule has 0 unspecified atom stereocenters. The normalized spacial score (nSPS) is 13.7. The van der Waals surface area contributed by atoms with Crippen LogP contribution in [-0.4, -0.2) is 23.5 Å². The van der Waals surface area contributed by atoms with Crippen LogP contribution in [-0.2, 0) is 17.8 Å². The van der Waals surface area contributed by atoms with Crippen LogP contribution in [0.15, 0.2) is 42.5 Å². The summed E-state index contributed by atoms with van der Waals surface area (Å²) >= 11 is 6.24. The highest BCUT2D eigenvalue weighted by atomic mass is 35.5. The fourth-order valence-corrected chi connectivity index (χ4v) is 3.00. The fraction of sp³-hybridized carbons (Fsp3) is 0.211. The van der Waals surface area contributed by atoms with Crippen molar-refractivity contribution in [2.45, 2.75) is 19.1 Å². The van der Waals surface area contributed by atoms with E-state index in [0.717, 1.165) is 16.0 Å². The molecule has 3 rings (SSSR count). The number of hydrogen-bond acceptors (Lipinski definition) is 1. The standard InChI is InChI=1S/C19H13ClF3NO/c20-17-9-7-14-12-24(18(25)19(21,22)23)11-10-15(14)16(17)8-6-13-4-2-1-3-5-13/h1-5,7,9H,10-12H2. The summed E-state index contributed by atoms with van der Waals surface area (Å²) in [6.07, 6.45) is -4.57. The molecule has 0 spiro atoms. The lowest BCUT2D eigenvalue weighted by Gasteiger charge is -2.30. The van der Waals surface area contributed by atoms with Crippen LogP contribution < -0.4 is 0 Å². The first-order valence-corrected chi connectivity index (χ1v) is 7.97. The largest absolute Gasteiger partial charge is 0.471 e. The molecule has 2 aromatic rings. The third-order valence-electron chi connectivity index (χ3n) is 3.99. The first kappa shape index (κ1) is 17.4. The average molecular weight is 364 g/mol. The summed E-state index contributed by atoms with van der Waals surface area (Å²) in [6, 6.07) is 12.6. The van der Waals surface area contributed by atoms with Crippen molar-refractivity contribution in [3.8, 4) is 11.8 Å². The van der Waals surface area contributed by atoms with E-state index in [-0.39, 0.29) is 19.5 Å². The van der Waals surface area contributed by atoms with Gasteiger partial charge in [0, 0.05) is 24.2 Å². The van der Waals surface area contributed by atoms with Gasteiger partial charge in [-0.1, -0.05) is 47.7 Å². The number of nitrogens with zero attached hydrogens (tertiary/aromatic N) is 1. The van der Waals surface area contributed by atoms with Crippen LogP contribution in [0.5, 0.6) is 0 Å². The van der Waals surface area contributed by atoms with Crippen LogP contribution in [0.1, 0.15) is 22.3 Å². The van der Waals surface area contributed by atoms with Crippen LogP contribution in [0, 0.1) is 11.8 Å². The fourth-order valence-electron chi connectivity index (χ4n) is 2.77. The van der Waals surface area contributed by atoms with E-state index in [0.29, 0.717) is 16.1 Å². The summed E-state index contributed by atoms with van der Waals surface area (Å²) in [4.78, 5) is 12.2. The van der Waals surface area contributed by atoms with Crippen molar-refractivity contribution in [3.05, 3.63) is 69.7 Å². The lowest BCUT2D eigenvalue weighted by molar-refractivity contribution is -0.186. The first-order chi connectivity index (χ1) is 11.9. The molecule has 2 aromatic carbocycles. The SMILES string of the molecule is O=C(N1CCc2c(ccc(Cl)c2C#Cc2ccccc2)C1)C(F)(F)F. The third-order valence-corrected chi connectivity index (χ3v) is 4.30. The molecule has 0 atom stereocenters. The summed E-state index contributed by atoms with van der Waals surface area (Å²) in [7, 11) is 0. The predicted molar refractivity (Wildman–Crippen MR) is 89.1 cm³/mol. The number of alkyl halides is 3. The molecule has 0 aromatic heterocycles. The van der Waals surface area contributed by atoms with Gasteiger partial charge in [-0.15, -0.1) is 0 Å². The Labute approximate surface area is 148 Å². The molecule has 0 N–H and O–H groups in total. The van der Waals surface area contributed by atoms with Crippen LogP contribution in [0.4, 0.5) is 13.2 Å². The zero-order chi connectivity index (χ0) is 18.0. The molecule has 0 fully saturated rings. The Morgan fingerprint density at radius 1 is 1.08 bits per heavy atom. The van der Waals surface area contributed by atoms with E-state index in [4.69, 9.17) is 11.6 Å². The molecule has 1 amide bonds. The Morgan fingerprint density at radius 2 is 1.80 bits per heavy atom. The third kappa shape index (κ3) is 3.80.